The lowest BCUT2D eigenvalue weighted by atomic mass is 10.0. The van der Waals surface area contributed by atoms with Crippen molar-refractivity contribution in [3.05, 3.63) is 53.6 Å². The highest BCUT2D eigenvalue weighted by Gasteiger charge is 2.25. The molecule has 1 atom stereocenters. The number of fused-ring (bicyclic) bond motifs is 1. The minimum Gasteiger partial charge on any atom is -0.486 e. The monoisotopic (exact) mass is 472 g/mol. The summed E-state index contributed by atoms with van der Waals surface area (Å²) in [5.74, 6) is 1.41. The molecule has 2 aromatic carbocycles. The van der Waals surface area contributed by atoms with Crippen LogP contribution in [-0.4, -0.2) is 44.9 Å². The number of nitrogens with zero attached hydrogens (tertiary/aromatic N) is 1. The minimum atomic E-state index is -3.43. The molecule has 2 aliphatic heterocycles. The summed E-state index contributed by atoms with van der Waals surface area (Å²) in [6.07, 6.45) is 4.55. The number of hydrogen-bond donors (Lipinski definition) is 1. The summed E-state index contributed by atoms with van der Waals surface area (Å²) in [5, 5.41) is 3.10. The fourth-order valence-corrected chi connectivity index (χ4v) is 5.82. The molecule has 0 aliphatic carbocycles. The first kappa shape index (κ1) is 23.6. The van der Waals surface area contributed by atoms with Crippen molar-refractivity contribution in [3.63, 3.8) is 0 Å². The average molecular weight is 473 g/mol. The Bertz CT molecular complexity index is 1060. The molecule has 0 aromatic heterocycles. The largest absolute Gasteiger partial charge is 0.486 e. The Hall–Kier alpha value is -2.58. The summed E-state index contributed by atoms with van der Waals surface area (Å²) < 4.78 is 38.4. The number of hydrogen-bond acceptors (Lipinski definition) is 5. The van der Waals surface area contributed by atoms with Crippen molar-refractivity contribution in [2.24, 2.45) is 0 Å². The summed E-state index contributed by atoms with van der Waals surface area (Å²) in [5.41, 5.74) is 1.93. The van der Waals surface area contributed by atoms with Crippen molar-refractivity contribution in [1.82, 2.24) is 9.62 Å². The number of aryl methyl sites for hydroxylation is 1. The molecule has 4 rings (SSSR count). The molecule has 1 unspecified atom stereocenters. The standard InChI is InChI=1S/C25H32N2O5S/c1-2-22(20-9-12-23-24(18-20)32-17-16-31-23)26-25(28)13-8-19-6-10-21(11-7-19)33(29,30)27-14-4-3-5-15-27/h6-7,9-12,18,22H,2-5,8,13-17H2,1H3,(H,26,28). The van der Waals surface area contributed by atoms with E-state index in [9.17, 15) is 13.2 Å². The van der Waals surface area contributed by atoms with Crippen LogP contribution in [0.4, 0.5) is 0 Å². The van der Waals surface area contributed by atoms with Gasteiger partial charge >= 0.3 is 0 Å². The number of benzene rings is 2. The Morgan fingerprint density at radius 2 is 1.70 bits per heavy atom. The van der Waals surface area contributed by atoms with Crippen LogP contribution in [0.1, 0.15) is 56.2 Å². The van der Waals surface area contributed by atoms with Crippen LogP contribution in [0.15, 0.2) is 47.4 Å². The molecule has 8 heteroatoms. The Kier molecular flexibility index (Phi) is 7.55. The van der Waals surface area contributed by atoms with Crippen molar-refractivity contribution >= 4 is 15.9 Å². The Labute approximate surface area is 196 Å². The predicted molar refractivity (Wildman–Crippen MR) is 126 cm³/mol. The molecule has 1 saturated heterocycles. The maximum Gasteiger partial charge on any atom is 0.243 e. The van der Waals surface area contributed by atoms with Gasteiger partial charge in [-0.05, 0) is 61.1 Å². The number of ether oxygens (including phenoxy) is 2. The number of nitrogens with one attached hydrogen (secondary N) is 1. The number of piperidine rings is 1. The molecule has 0 spiro atoms. The molecule has 0 radical (unpaired) electrons. The Morgan fingerprint density at radius 3 is 2.39 bits per heavy atom. The van der Waals surface area contributed by atoms with E-state index in [-0.39, 0.29) is 11.9 Å². The van der Waals surface area contributed by atoms with Crippen LogP contribution in [0, 0.1) is 0 Å². The second-order valence-corrected chi connectivity index (χ2v) is 10.5. The van der Waals surface area contributed by atoms with E-state index in [0.717, 1.165) is 42.6 Å². The number of carbonyl (C=O) groups is 1. The first-order valence-corrected chi connectivity index (χ1v) is 13.2. The summed E-state index contributed by atoms with van der Waals surface area (Å²) in [4.78, 5) is 12.9. The second kappa shape index (κ2) is 10.6. The summed E-state index contributed by atoms with van der Waals surface area (Å²) in [6.45, 7) is 4.28. The number of sulfonamides is 1. The fraction of sp³-hybridized carbons (Fsp3) is 0.480. The molecule has 0 bridgehead atoms. The van der Waals surface area contributed by atoms with Crippen LogP contribution in [0.2, 0.25) is 0 Å². The Balaban J connectivity index is 1.32. The summed E-state index contributed by atoms with van der Waals surface area (Å²) >= 11 is 0. The molecule has 178 valence electrons. The van der Waals surface area contributed by atoms with Gasteiger partial charge in [0.15, 0.2) is 11.5 Å². The summed E-state index contributed by atoms with van der Waals surface area (Å²) in [6, 6.07) is 12.6. The van der Waals surface area contributed by atoms with E-state index in [4.69, 9.17) is 9.47 Å². The van der Waals surface area contributed by atoms with Crippen LogP contribution in [0.25, 0.3) is 0 Å². The predicted octanol–water partition coefficient (Wildman–Crippen LogP) is 3.83. The quantitative estimate of drug-likeness (QED) is 0.631. The molecular weight excluding hydrogens is 440 g/mol. The van der Waals surface area contributed by atoms with Crippen LogP contribution < -0.4 is 14.8 Å². The molecule has 1 amide bonds. The van der Waals surface area contributed by atoms with Crippen LogP contribution >= 0.6 is 0 Å². The van der Waals surface area contributed by atoms with Gasteiger partial charge in [-0.15, -0.1) is 0 Å². The lowest BCUT2D eigenvalue weighted by molar-refractivity contribution is -0.121. The third-order valence-electron chi connectivity index (χ3n) is 6.23. The van der Waals surface area contributed by atoms with Gasteiger partial charge in [0.2, 0.25) is 15.9 Å². The first-order valence-electron chi connectivity index (χ1n) is 11.8. The fourth-order valence-electron chi connectivity index (χ4n) is 4.30. The highest BCUT2D eigenvalue weighted by molar-refractivity contribution is 7.89. The van der Waals surface area contributed by atoms with Crippen molar-refractivity contribution < 1.29 is 22.7 Å². The molecule has 7 nitrogen and oxygen atoms in total. The van der Waals surface area contributed by atoms with Gasteiger partial charge < -0.3 is 14.8 Å². The van der Waals surface area contributed by atoms with Gasteiger partial charge in [0.25, 0.3) is 0 Å². The maximum absolute atomic E-state index is 12.8. The third kappa shape index (κ3) is 5.68. The molecule has 2 heterocycles. The second-order valence-electron chi connectivity index (χ2n) is 8.54. The zero-order valence-corrected chi connectivity index (χ0v) is 19.9. The van der Waals surface area contributed by atoms with E-state index in [1.54, 1.807) is 16.4 Å². The van der Waals surface area contributed by atoms with Gasteiger partial charge in [-0.25, -0.2) is 8.42 Å². The van der Waals surface area contributed by atoms with E-state index < -0.39 is 10.0 Å². The molecule has 2 aliphatic rings. The normalized spacial score (nSPS) is 17.4. The Morgan fingerprint density at radius 1 is 1.00 bits per heavy atom. The topological polar surface area (TPSA) is 84.9 Å². The lowest BCUT2D eigenvalue weighted by Gasteiger charge is -2.25. The van der Waals surface area contributed by atoms with Crippen molar-refractivity contribution in [2.75, 3.05) is 26.3 Å². The van der Waals surface area contributed by atoms with E-state index >= 15 is 0 Å². The highest BCUT2D eigenvalue weighted by Crippen LogP contribution is 2.33. The molecule has 0 saturated carbocycles. The van der Waals surface area contributed by atoms with E-state index in [2.05, 4.69) is 5.32 Å². The third-order valence-corrected chi connectivity index (χ3v) is 8.14. The van der Waals surface area contributed by atoms with Crippen molar-refractivity contribution in [2.45, 2.75) is 56.4 Å². The number of carbonyl (C=O) groups excluding carboxylic acids is 1. The smallest absolute Gasteiger partial charge is 0.243 e. The van der Waals surface area contributed by atoms with E-state index in [1.165, 1.54) is 0 Å². The van der Waals surface area contributed by atoms with E-state index in [0.29, 0.717) is 49.8 Å². The SMILES string of the molecule is CCC(NC(=O)CCc1ccc(S(=O)(=O)N2CCCCC2)cc1)c1ccc2c(c1)OCCO2. The number of rotatable bonds is 8. The van der Waals surface area contributed by atoms with Crippen LogP contribution in [0.5, 0.6) is 11.5 Å². The van der Waals surface area contributed by atoms with Gasteiger partial charge in [-0.1, -0.05) is 31.5 Å². The molecule has 2 aromatic rings. The van der Waals surface area contributed by atoms with Crippen molar-refractivity contribution in [3.8, 4) is 11.5 Å². The average Bonchev–Trinajstić information content (AvgIpc) is 2.86. The molecule has 1 fully saturated rings. The van der Waals surface area contributed by atoms with Crippen molar-refractivity contribution in [1.29, 1.82) is 0 Å². The van der Waals surface area contributed by atoms with E-state index in [1.807, 2.05) is 37.3 Å². The van der Waals surface area contributed by atoms with Gasteiger partial charge in [0, 0.05) is 19.5 Å². The molecule has 1 N–H and O–H groups in total. The van der Waals surface area contributed by atoms with Crippen LogP contribution in [-0.2, 0) is 21.2 Å². The minimum absolute atomic E-state index is 0.0400. The van der Waals surface area contributed by atoms with Gasteiger partial charge in [-0.3, -0.25) is 4.79 Å². The first-order chi connectivity index (χ1) is 16.0. The van der Waals surface area contributed by atoms with Gasteiger partial charge in [0.1, 0.15) is 13.2 Å². The maximum atomic E-state index is 12.8. The highest BCUT2D eigenvalue weighted by atomic mass is 32.2. The number of amides is 1. The zero-order chi connectivity index (χ0) is 23.3. The van der Waals surface area contributed by atoms with Gasteiger partial charge in [-0.2, -0.15) is 4.31 Å². The molecular formula is C25H32N2O5S. The molecule has 33 heavy (non-hydrogen) atoms. The van der Waals surface area contributed by atoms with Crippen LogP contribution in [0.3, 0.4) is 0 Å². The lowest BCUT2D eigenvalue weighted by Crippen LogP contribution is -2.35. The summed E-state index contributed by atoms with van der Waals surface area (Å²) in [7, 11) is -3.43. The van der Waals surface area contributed by atoms with Gasteiger partial charge in [0.05, 0.1) is 10.9 Å². The zero-order valence-electron chi connectivity index (χ0n) is 19.1.